The summed E-state index contributed by atoms with van der Waals surface area (Å²) < 4.78 is 12.7. The Bertz CT molecular complexity index is 1700. The van der Waals surface area contributed by atoms with Crippen LogP contribution in [0.15, 0.2) is 87.1 Å². The lowest BCUT2D eigenvalue weighted by Crippen LogP contribution is -2.23. The SMILES string of the molecule is Cc1oc2cc(OC(=O)CCn3cnc4c(C)cccc4c3=O)ccc2c(=O)c1-c1ccccc1. The molecule has 0 unspecified atom stereocenters. The minimum absolute atomic E-state index is 0.0210. The molecule has 0 amide bonds. The number of aromatic nitrogens is 2. The molecule has 3 aromatic carbocycles. The third kappa shape index (κ3) is 4.24. The van der Waals surface area contributed by atoms with Crippen LogP contribution in [0.4, 0.5) is 0 Å². The Kier molecular flexibility index (Phi) is 5.74. The predicted molar refractivity (Wildman–Crippen MR) is 134 cm³/mol. The van der Waals surface area contributed by atoms with Gasteiger partial charge in [-0.25, -0.2) is 4.98 Å². The van der Waals surface area contributed by atoms with E-state index < -0.39 is 5.97 Å². The van der Waals surface area contributed by atoms with Crippen molar-refractivity contribution in [2.24, 2.45) is 0 Å². The van der Waals surface area contributed by atoms with Gasteiger partial charge in [-0.3, -0.25) is 19.0 Å². The van der Waals surface area contributed by atoms with E-state index in [0.29, 0.717) is 33.2 Å². The Morgan fingerprint density at radius 3 is 2.57 bits per heavy atom. The molecule has 5 rings (SSSR count). The average molecular weight is 466 g/mol. The largest absolute Gasteiger partial charge is 0.460 e. The molecule has 0 spiro atoms. The number of fused-ring (bicyclic) bond motifs is 2. The molecule has 0 saturated carbocycles. The standard InChI is InChI=1S/C28H22N2O5/c1-17-7-6-10-22-26(17)29-16-30(28(22)33)14-13-24(31)35-20-11-12-21-23(15-20)34-18(2)25(27(21)32)19-8-4-3-5-9-19/h3-12,15-16H,13-14H2,1-2H3. The van der Waals surface area contributed by atoms with E-state index in [4.69, 9.17) is 9.15 Å². The van der Waals surface area contributed by atoms with Crippen LogP contribution < -0.4 is 15.7 Å². The highest BCUT2D eigenvalue weighted by Crippen LogP contribution is 2.26. The number of carbonyl (C=O) groups is 1. The first-order valence-corrected chi connectivity index (χ1v) is 11.2. The highest BCUT2D eigenvalue weighted by molar-refractivity contribution is 5.84. The Morgan fingerprint density at radius 1 is 0.971 bits per heavy atom. The number of esters is 1. The van der Waals surface area contributed by atoms with Gasteiger partial charge in [0, 0.05) is 12.6 Å². The number of hydrogen-bond donors (Lipinski definition) is 0. The minimum atomic E-state index is -0.513. The summed E-state index contributed by atoms with van der Waals surface area (Å²) in [6.07, 6.45) is 1.43. The van der Waals surface area contributed by atoms with Crippen molar-refractivity contribution >= 4 is 27.8 Å². The average Bonchev–Trinajstić information content (AvgIpc) is 2.84. The van der Waals surface area contributed by atoms with Gasteiger partial charge in [0.25, 0.3) is 5.56 Å². The van der Waals surface area contributed by atoms with Gasteiger partial charge in [0.2, 0.25) is 5.43 Å². The zero-order chi connectivity index (χ0) is 24.5. The van der Waals surface area contributed by atoms with Crippen LogP contribution in [0.25, 0.3) is 33.0 Å². The number of para-hydroxylation sites is 1. The van der Waals surface area contributed by atoms with Crippen molar-refractivity contribution in [2.75, 3.05) is 0 Å². The number of nitrogens with zero attached hydrogens (tertiary/aromatic N) is 2. The van der Waals surface area contributed by atoms with Crippen LogP contribution in [-0.2, 0) is 11.3 Å². The van der Waals surface area contributed by atoms with Crippen molar-refractivity contribution < 1.29 is 13.9 Å². The first kappa shape index (κ1) is 22.3. The normalized spacial score (nSPS) is 11.1. The third-order valence-corrected chi connectivity index (χ3v) is 5.95. The van der Waals surface area contributed by atoms with Gasteiger partial charge in [-0.15, -0.1) is 0 Å². The fourth-order valence-electron chi connectivity index (χ4n) is 4.18. The quantitative estimate of drug-likeness (QED) is 0.273. The molecule has 0 aliphatic carbocycles. The number of hydrogen-bond acceptors (Lipinski definition) is 6. The monoisotopic (exact) mass is 466 g/mol. The van der Waals surface area contributed by atoms with Crippen LogP contribution in [0.1, 0.15) is 17.7 Å². The molecule has 0 atom stereocenters. The van der Waals surface area contributed by atoms with Gasteiger partial charge in [-0.2, -0.15) is 0 Å². The van der Waals surface area contributed by atoms with Gasteiger partial charge in [0.1, 0.15) is 17.1 Å². The molecule has 2 aromatic heterocycles. The molecule has 0 N–H and O–H groups in total. The highest BCUT2D eigenvalue weighted by atomic mass is 16.5. The summed E-state index contributed by atoms with van der Waals surface area (Å²) in [6.45, 7) is 3.77. The molecule has 7 heteroatoms. The lowest BCUT2D eigenvalue weighted by molar-refractivity contribution is -0.134. The molecule has 0 fully saturated rings. The summed E-state index contributed by atoms with van der Waals surface area (Å²) in [7, 11) is 0. The number of rotatable bonds is 5. The van der Waals surface area contributed by atoms with Crippen molar-refractivity contribution in [2.45, 2.75) is 26.8 Å². The maximum absolute atomic E-state index is 13.1. The summed E-state index contributed by atoms with van der Waals surface area (Å²) in [4.78, 5) is 42.6. The van der Waals surface area contributed by atoms with Gasteiger partial charge in [-0.05, 0) is 43.2 Å². The van der Waals surface area contributed by atoms with Crippen LogP contribution in [0.5, 0.6) is 5.75 Å². The summed E-state index contributed by atoms with van der Waals surface area (Å²) >= 11 is 0. The van der Waals surface area contributed by atoms with Gasteiger partial charge in [-0.1, -0.05) is 42.5 Å². The van der Waals surface area contributed by atoms with Gasteiger partial charge in [0.05, 0.1) is 34.6 Å². The topological polar surface area (TPSA) is 91.4 Å². The number of aryl methyl sites for hydroxylation is 3. The van der Waals surface area contributed by atoms with E-state index in [2.05, 4.69) is 4.98 Å². The summed E-state index contributed by atoms with van der Waals surface area (Å²) in [5.41, 5.74) is 2.84. The fraction of sp³-hybridized carbons (Fsp3) is 0.143. The third-order valence-electron chi connectivity index (χ3n) is 5.95. The first-order valence-electron chi connectivity index (χ1n) is 11.2. The Morgan fingerprint density at radius 2 is 1.77 bits per heavy atom. The lowest BCUT2D eigenvalue weighted by Gasteiger charge is -2.10. The molecule has 5 aromatic rings. The predicted octanol–water partition coefficient (Wildman–Crippen LogP) is 4.78. The van der Waals surface area contributed by atoms with E-state index in [-0.39, 0.29) is 29.7 Å². The highest BCUT2D eigenvalue weighted by Gasteiger charge is 2.15. The van der Waals surface area contributed by atoms with E-state index in [0.717, 1.165) is 11.1 Å². The second-order valence-corrected chi connectivity index (χ2v) is 8.32. The second kappa shape index (κ2) is 9.02. The van der Waals surface area contributed by atoms with Crippen molar-refractivity contribution in [3.8, 4) is 16.9 Å². The van der Waals surface area contributed by atoms with Crippen LogP contribution in [0.2, 0.25) is 0 Å². The minimum Gasteiger partial charge on any atom is -0.460 e. The zero-order valence-corrected chi connectivity index (χ0v) is 19.3. The Hall–Kier alpha value is -4.52. The summed E-state index contributed by atoms with van der Waals surface area (Å²) in [5.74, 6) is 0.230. The van der Waals surface area contributed by atoms with Crippen LogP contribution in [0, 0.1) is 13.8 Å². The molecule has 7 nitrogen and oxygen atoms in total. The first-order chi connectivity index (χ1) is 16.9. The van der Waals surface area contributed by atoms with E-state index in [9.17, 15) is 14.4 Å². The van der Waals surface area contributed by atoms with E-state index in [1.54, 1.807) is 25.1 Å². The fourth-order valence-corrected chi connectivity index (χ4v) is 4.18. The Balaban J connectivity index is 1.35. The number of carbonyl (C=O) groups excluding carboxylic acids is 1. The maximum atomic E-state index is 13.1. The Labute approximate surface area is 200 Å². The molecule has 35 heavy (non-hydrogen) atoms. The molecule has 0 aliphatic heterocycles. The van der Waals surface area contributed by atoms with E-state index >= 15 is 0 Å². The van der Waals surface area contributed by atoms with Crippen LogP contribution >= 0.6 is 0 Å². The smallest absolute Gasteiger partial charge is 0.312 e. The van der Waals surface area contributed by atoms with Crippen molar-refractivity contribution in [1.29, 1.82) is 0 Å². The van der Waals surface area contributed by atoms with Gasteiger partial charge in [0.15, 0.2) is 0 Å². The molecular formula is C28H22N2O5. The van der Waals surface area contributed by atoms with Crippen molar-refractivity contribution in [1.82, 2.24) is 9.55 Å². The van der Waals surface area contributed by atoms with E-state index in [1.807, 2.05) is 49.4 Å². The van der Waals surface area contributed by atoms with Crippen molar-refractivity contribution in [3.05, 3.63) is 105 Å². The maximum Gasteiger partial charge on any atom is 0.312 e. The summed E-state index contributed by atoms with van der Waals surface area (Å²) in [5, 5.41) is 0.911. The zero-order valence-electron chi connectivity index (χ0n) is 19.3. The molecule has 2 heterocycles. The summed E-state index contributed by atoms with van der Waals surface area (Å²) in [6, 6.07) is 19.4. The van der Waals surface area contributed by atoms with Crippen LogP contribution in [-0.4, -0.2) is 15.5 Å². The number of benzene rings is 3. The van der Waals surface area contributed by atoms with Crippen LogP contribution in [0.3, 0.4) is 0 Å². The number of ether oxygens (including phenoxy) is 1. The lowest BCUT2D eigenvalue weighted by atomic mass is 10.0. The molecule has 0 radical (unpaired) electrons. The molecule has 0 bridgehead atoms. The molecular weight excluding hydrogens is 444 g/mol. The van der Waals surface area contributed by atoms with E-state index in [1.165, 1.54) is 17.0 Å². The van der Waals surface area contributed by atoms with Gasteiger partial charge < -0.3 is 9.15 Å². The molecule has 0 aliphatic rings. The second-order valence-electron chi connectivity index (χ2n) is 8.32. The van der Waals surface area contributed by atoms with Gasteiger partial charge >= 0.3 is 5.97 Å². The molecule has 174 valence electrons. The van der Waals surface area contributed by atoms with Crippen molar-refractivity contribution in [3.63, 3.8) is 0 Å². The molecule has 0 saturated heterocycles.